The van der Waals surface area contributed by atoms with E-state index in [2.05, 4.69) is 0 Å². The summed E-state index contributed by atoms with van der Waals surface area (Å²) in [5, 5.41) is 0. The van der Waals surface area contributed by atoms with Crippen molar-refractivity contribution in [3.8, 4) is 0 Å². The van der Waals surface area contributed by atoms with Crippen LogP contribution >= 0.6 is 0 Å². The summed E-state index contributed by atoms with van der Waals surface area (Å²) in [7, 11) is 0. The van der Waals surface area contributed by atoms with E-state index in [0.717, 1.165) is 75.4 Å². The zero-order valence-electron chi connectivity index (χ0n) is 12.3. The van der Waals surface area contributed by atoms with Gasteiger partial charge in [-0.15, -0.1) is 0 Å². The second-order valence-corrected chi connectivity index (χ2v) is 6.42. The first-order valence-electron chi connectivity index (χ1n) is 8.24. The van der Waals surface area contributed by atoms with Gasteiger partial charge in [0.15, 0.2) is 11.6 Å². The summed E-state index contributed by atoms with van der Waals surface area (Å²) in [6.07, 6.45) is 12.1. The second kappa shape index (κ2) is 6.07. The van der Waals surface area contributed by atoms with E-state index in [9.17, 15) is 9.59 Å². The molecule has 3 aliphatic rings. The Morgan fingerprint density at radius 1 is 0.450 bits per heavy atom. The van der Waals surface area contributed by atoms with E-state index in [1.54, 1.807) is 0 Å². The molecule has 0 heterocycles. The van der Waals surface area contributed by atoms with Gasteiger partial charge in [-0.1, -0.05) is 11.1 Å². The zero-order chi connectivity index (χ0) is 13.9. The highest BCUT2D eigenvalue weighted by Crippen LogP contribution is 2.35. The van der Waals surface area contributed by atoms with Gasteiger partial charge >= 0.3 is 0 Å². The Kier molecular flexibility index (Phi) is 4.18. The fourth-order valence-electron chi connectivity index (χ4n) is 3.99. The van der Waals surface area contributed by atoms with Crippen LogP contribution in [0.4, 0.5) is 0 Å². The molecule has 0 bridgehead atoms. The molecule has 3 aliphatic carbocycles. The molecule has 0 saturated carbocycles. The number of carbonyl (C=O) groups is 2. The Balaban J connectivity index is 1.70. The highest BCUT2D eigenvalue weighted by atomic mass is 16.1. The molecule has 0 N–H and O–H groups in total. The van der Waals surface area contributed by atoms with Gasteiger partial charge in [0, 0.05) is 12.8 Å². The van der Waals surface area contributed by atoms with Crippen LogP contribution in [0.3, 0.4) is 0 Å². The molecule has 0 aliphatic heterocycles. The van der Waals surface area contributed by atoms with Crippen LogP contribution in [0.25, 0.3) is 0 Å². The van der Waals surface area contributed by atoms with E-state index in [1.165, 1.54) is 24.0 Å². The molecule has 0 spiro atoms. The van der Waals surface area contributed by atoms with Crippen molar-refractivity contribution in [3.63, 3.8) is 0 Å². The van der Waals surface area contributed by atoms with Gasteiger partial charge in [0.2, 0.25) is 0 Å². The predicted octanol–water partition coefficient (Wildman–Crippen LogP) is 4.44. The summed E-state index contributed by atoms with van der Waals surface area (Å²) in [5.74, 6) is 0.794. The number of hydrogen-bond acceptors (Lipinski definition) is 2. The summed E-state index contributed by atoms with van der Waals surface area (Å²) in [6.45, 7) is 0. The Hall–Kier alpha value is -1.18. The molecule has 0 atom stereocenters. The summed E-state index contributed by atoms with van der Waals surface area (Å²) in [4.78, 5) is 23.9. The highest BCUT2D eigenvalue weighted by Gasteiger charge is 2.25. The molecular weight excluding hydrogens is 248 g/mol. The quantitative estimate of drug-likeness (QED) is 0.653. The molecule has 2 heteroatoms. The van der Waals surface area contributed by atoms with Crippen LogP contribution in [0.5, 0.6) is 0 Å². The molecular formula is C18H24O2. The Morgan fingerprint density at radius 2 is 0.850 bits per heavy atom. The predicted molar refractivity (Wildman–Crippen MR) is 79.5 cm³/mol. The summed E-state index contributed by atoms with van der Waals surface area (Å²) >= 11 is 0. The highest BCUT2D eigenvalue weighted by molar-refractivity contribution is 5.99. The maximum absolute atomic E-state index is 11.9. The largest absolute Gasteiger partial charge is 0.295 e. The van der Waals surface area contributed by atoms with Crippen molar-refractivity contribution in [2.45, 2.75) is 77.0 Å². The minimum atomic E-state index is 0.397. The van der Waals surface area contributed by atoms with Crippen LogP contribution in [0.1, 0.15) is 77.0 Å². The minimum Gasteiger partial charge on any atom is -0.295 e. The van der Waals surface area contributed by atoms with Crippen molar-refractivity contribution in [2.24, 2.45) is 0 Å². The monoisotopic (exact) mass is 272 g/mol. The van der Waals surface area contributed by atoms with Gasteiger partial charge in [0.1, 0.15) is 0 Å². The number of Topliss-reactive ketones (excluding diaryl/α,β-unsaturated/α-hetero) is 2. The van der Waals surface area contributed by atoms with E-state index in [1.807, 2.05) is 0 Å². The van der Waals surface area contributed by atoms with E-state index in [-0.39, 0.29) is 0 Å². The first kappa shape index (κ1) is 13.8. The molecule has 0 aromatic heterocycles. The molecule has 0 saturated heterocycles. The summed E-state index contributed by atoms with van der Waals surface area (Å²) in [6, 6.07) is 0. The molecule has 0 fully saturated rings. The minimum absolute atomic E-state index is 0.397. The topological polar surface area (TPSA) is 34.1 Å². The lowest BCUT2D eigenvalue weighted by Gasteiger charge is -2.11. The Morgan fingerprint density at radius 3 is 1.30 bits per heavy atom. The fourth-order valence-corrected chi connectivity index (χ4v) is 3.99. The maximum atomic E-state index is 11.9. The molecule has 0 radical (unpaired) electrons. The normalized spacial score (nSPS) is 25.4. The number of rotatable bonds is 0. The van der Waals surface area contributed by atoms with Crippen molar-refractivity contribution in [1.82, 2.24) is 0 Å². The van der Waals surface area contributed by atoms with Crippen molar-refractivity contribution in [3.05, 3.63) is 22.3 Å². The number of ketones is 2. The lowest BCUT2D eigenvalue weighted by Crippen LogP contribution is -2.00. The lowest BCUT2D eigenvalue weighted by atomic mass is 9.94. The van der Waals surface area contributed by atoms with Crippen molar-refractivity contribution < 1.29 is 9.59 Å². The van der Waals surface area contributed by atoms with Gasteiger partial charge in [-0.25, -0.2) is 0 Å². The van der Waals surface area contributed by atoms with E-state index >= 15 is 0 Å². The average molecular weight is 272 g/mol. The summed E-state index contributed by atoms with van der Waals surface area (Å²) < 4.78 is 0. The fraction of sp³-hybridized carbons (Fsp3) is 0.667. The standard InChI is InChI=1S/C18H24O2/c19-17-11-9-13-5-1-2-6-14-10-12-18(20)16(14)8-4-3-7-15(13)17/h1-12H2. The summed E-state index contributed by atoms with van der Waals surface area (Å²) in [5.41, 5.74) is 5.20. The van der Waals surface area contributed by atoms with E-state index in [4.69, 9.17) is 0 Å². The SMILES string of the molecule is O=C1CCC2=C1CCCCC1=C(CCCC2)CCC1=O. The zero-order valence-corrected chi connectivity index (χ0v) is 12.3. The second-order valence-electron chi connectivity index (χ2n) is 6.42. The maximum Gasteiger partial charge on any atom is 0.159 e. The van der Waals surface area contributed by atoms with Crippen molar-refractivity contribution in [1.29, 1.82) is 0 Å². The van der Waals surface area contributed by atoms with Gasteiger partial charge < -0.3 is 0 Å². The van der Waals surface area contributed by atoms with E-state index in [0.29, 0.717) is 11.6 Å². The molecule has 20 heavy (non-hydrogen) atoms. The van der Waals surface area contributed by atoms with Gasteiger partial charge in [0.05, 0.1) is 0 Å². The van der Waals surface area contributed by atoms with Crippen molar-refractivity contribution in [2.75, 3.05) is 0 Å². The van der Waals surface area contributed by atoms with Gasteiger partial charge in [-0.05, 0) is 75.4 Å². The third-order valence-electron chi connectivity index (χ3n) is 5.15. The first-order chi connectivity index (χ1) is 9.75. The van der Waals surface area contributed by atoms with Gasteiger partial charge in [-0.2, -0.15) is 0 Å². The lowest BCUT2D eigenvalue weighted by molar-refractivity contribution is -0.115. The number of carbonyl (C=O) groups excluding carboxylic acids is 2. The molecule has 3 rings (SSSR count). The van der Waals surface area contributed by atoms with Crippen LogP contribution in [-0.2, 0) is 9.59 Å². The van der Waals surface area contributed by atoms with E-state index < -0.39 is 0 Å². The van der Waals surface area contributed by atoms with Crippen LogP contribution in [-0.4, -0.2) is 11.6 Å². The van der Waals surface area contributed by atoms with Crippen LogP contribution < -0.4 is 0 Å². The smallest absolute Gasteiger partial charge is 0.159 e. The average Bonchev–Trinajstić information content (AvgIpc) is 2.94. The Labute approximate surface area is 121 Å². The molecule has 0 unspecified atom stereocenters. The van der Waals surface area contributed by atoms with Crippen LogP contribution in [0, 0.1) is 0 Å². The molecule has 0 aromatic carbocycles. The third-order valence-corrected chi connectivity index (χ3v) is 5.15. The Bertz CT molecular complexity index is 448. The first-order valence-corrected chi connectivity index (χ1v) is 8.24. The number of allylic oxidation sites excluding steroid dienone is 4. The third kappa shape index (κ3) is 2.79. The molecule has 0 amide bonds. The molecule has 108 valence electrons. The van der Waals surface area contributed by atoms with Crippen LogP contribution in [0.2, 0.25) is 0 Å². The van der Waals surface area contributed by atoms with Gasteiger partial charge in [0.25, 0.3) is 0 Å². The number of hydrogen-bond donors (Lipinski definition) is 0. The van der Waals surface area contributed by atoms with Gasteiger partial charge in [-0.3, -0.25) is 9.59 Å². The molecule has 0 aromatic rings. The molecule has 2 nitrogen and oxygen atoms in total. The van der Waals surface area contributed by atoms with Crippen LogP contribution in [0.15, 0.2) is 22.3 Å². The van der Waals surface area contributed by atoms with Crippen molar-refractivity contribution >= 4 is 11.6 Å².